The second-order valence-electron chi connectivity index (χ2n) is 8.86. The predicted molar refractivity (Wildman–Crippen MR) is 156 cm³/mol. The van der Waals surface area contributed by atoms with Crippen LogP contribution in [0.2, 0.25) is 0 Å². The number of carboxylic acids is 1. The molecule has 0 saturated carbocycles. The molecule has 0 bridgehead atoms. The summed E-state index contributed by atoms with van der Waals surface area (Å²) in [4.78, 5) is 11.4. The first-order chi connectivity index (χ1) is 17.9. The fourth-order valence-electron chi connectivity index (χ4n) is 4.38. The number of fused-ring (bicyclic) bond motifs is 2. The molecule has 0 radical (unpaired) electrons. The van der Waals surface area contributed by atoms with Gasteiger partial charge < -0.3 is 10.4 Å². The van der Waals surface area contributed by atoms with Crippen molar-refractivity contribution in [2.45, 2.75) is 89.5 Å². The zero-order chi connectivity index (χ0) is 27.6. The number of unbranched alkanes of at least 4 members (excludes halogenated alkanes) is 7. The highest BCUT2D eigenvalue weighted by atomic mass is 35.5. The van der Waals surface area contributed by atoms with E-state index in [1.807, 2.05) is 38.2 Å². The van der Waals surface area contributed by atoms with Crippen molar-refractivity contribution in [2.75, 3.05) is 25.0 Å². The third-order valence-corrected chi connectivity index (χ3v) is 7.59. The van der Waals surface area contributed by atoms with Gasteiger partial charge >= 0.3 is 5.97 Å². The van der Waals surface area contributed by atoms with Crippen molar-refractivity contribution in [3.63, 3.8) is 0 Å². The lowest BCUT2D eigenvalue weighted by Gasteiger charge is -2.22. The Balaban J connectivity index is 0.00000127. The largest absolute Gasteiger partial charge is 0.481 e. The van der Waals surface area contributed by atoms with Crippen molar-refractivity contribution in [1.29, 1.82) is 0 Å². The zero-order valence-electron chi connectivity index (χ0n) is 23.1. The van der Waals surface area contributed by atoms with Crippen molar-refractivity contribution in [1.82, 2.24) is 5.32 Å². The number of aliphatic carboxylic acids is 1. The molecular formula is C29H45ClN2O4S. The summed E-state index contributed by atoms with van der Waals surface area (Å²) in [6.07, 6.45) is 9.14. The van der Waals surface area contributed by atoms with Gasteiger partial charge in [0.25, 0.3) is 0 Å². The molecule has 2 N–H and O–H groups in total. The van der Waals surface area contributed by atoms with Crippen LogP contribution in [0.25, 0.3) is 0 Å². The number of hydrogen-bond donors (Lipinski definition) is 2. The van der Waals surface area contributed by atoms with Gasteiger partial charge in [0.2, 0.25) is 0 Å². The molecule has 0 fully saturated rings. The van der Waals surface area contributed by atoms with Gasteiger partial charge in [-0.15, -0.1) is 0 Å². The van der Waals surface area contributed by atoms with Gasteiger partial charge in [-0.1, -0.05) is 82.7 Å². The number of anilines is 1. The summed E-state index contributed by atoms with van der Waals surface area (Å²) in [5, 5.41) is 12.4. The standard InChI is InChI=1S/C26H36N2O3S.C2H6.CH3ClO/c1-20-16-17-22-24(19-20)32(31)28(2)23-14-11-10-13-21(23)26(22)27-18-12-8-6-4-3-5-7-9-15-25(29)30;1-2;1-3-2/h10-11,13-14,16-17,19,26-27H,3-9,12,15,18H2,1-2H3,(H,29,30);1-2H3;1H3. The van der Waals surface area contributed by atoms with E-state index in [-0.39, 0.29) is 6.04 Å². The summed E-state index contributed by atoms with van der Waals surface area (Å²) < 4.78 is 18.9. The van der Waals surface area contributed by atoms with E-state index in [1.54, 1.807) is 0 Å². The third kappa shape index (κ3) is 11.1. The average Bonchev–Trinajstić information content (AvgIpc) is 2.98. The molecular weight excluding hydrogens is 508 g/mol. The van der Waals surface area contributed by atoms with Gasteiger partial charge in [0, 0.05) is 13.5 Å². The summed E-state index contributed by atoms with van der Waals surface area (Å²) in [6, 6.07) is 14.6. The van der Waals surface area contributed by atoms with E-state index >= 15 is 0 Å². The zero-order valence-corrected chi connectivity index (χ0v) is 24.7. The lowest BCUT2D eigenvalue weighted by atomic mass is 9.96. The Bertz CT molecular complexity index is 957. The number of nitrogens with one attached hydrogen (secondary N) is 1. The van der Waals surface area contributed by atoms with Crippen LogP contribution in [0.3, 0.4) is 0 Å². The molecule has 208 valence electrons. The minimum atomic E-state index is -1.23. The Kier molecular flexibility index (Phi) is 17.2. The second kappa shape index (κ2) is 19.2. The quantitative estimate of drug-likeness (QED) is 0.266. The number of carboxylic acid groups (broad SMARTS) is 1. The van der Waals surface area contributed by atoms with Gasteiger partial charge in [0.05, 0.1) is 35.6 Å². The van der Waals surface area contributed by atoms with Crippen molar-refractivity contribution >= 4 is 34.5 Å². The number of para-hydroxylation sites is 1. The maximum atomic E-state index is 13.3. The molecule has 37 heavy (non-hydrogen) atoms. The normalized spacial score (nSPS) is 15.8. The molecule has 1 heterocycles. The molecule has 1 aliphatic heterocycles. The maximum Gasteiger partial charge on any atom is 0.303 e. The van der Waals surface area contributed by atoms with E-state index in [2.05, 4.69) is 57.9 Å². The molecule has 8 heteroatoms. The van der Waals surface area contributed by atoms with Gasteiger partial charge in [-0.05, 0) is 55.1 Å². The number of carbonyl (C=O) groups is 1. The minimum Gasteiger partial charge on any atom is -0.481 e. The first kappa shape index (κ1) is 33.1. The molecule has 0 aliphatic carbocycles. The number of aryl methyl sites for hydroxylation is 1. The highest BCUT2D eigenvalue weighted by Gasteiger charge is 2.29. The highest BCUT2D eigenvalue weighted by Crippen LogP contribution is 2.38. The van der Waals surface area contributed by atoms with E-state index in [1.165, 1.54) is 38.4 Å². The van der Waals surface area contributed by atoms with E-state index in [9.17, 15) is 9.00 Å². The first-order valence-corrected chi connectivity index (χ1v) is 14.8. The first-order valence-electron chi connectivity index (χ1n) is 13.4. The number of halogens is 1. The average molecular weight is 553 g/mol. The van der Waals surface area contributed by atoms with Crippen LogP contribution in [0.1, 0.15) is 94.4 Å². The van der Waals surface area contributed by atoms with Crippen molar-refractivity contribution in [2.24, 2.45) is 0 Å². The Morgan fingerprint density at radius 2 is 1.57 bits per heavy atom. The predicted octanol–water partition coefficient (Wildman–Crippen LogP) is 7.55. The lowest BCUT2D eigenvalue weighted by Crippen LogP contribution is -2.24. The lowest BCUT2D eigenvalue weighted by molar-refractivity contribution is -0.137. The number of benzene rings is 2. The van der Waals surface area contributed by atoms with Crippen LogP contribution in [0.15, 0.2) is 47.4 Å². The molecule has 0 spiro atoms. The Morgan fingerprint density at radius 3 is 2.19 bits per heavy atom. The van der Waals surface area contributed by atoms with Crippen molar-refractivity contribution < 1.29 is 18.4 Å². The summed E-state index contributed by atoms with van der Waals surface area (Å²) >= 11 is 4.50. The van der Waals surface area contributed by atoms with Gasteiger partial charge in [0.1, 0.15) is 0 Å². The molecule has 1 aliphatic rings. The van der Waals surface area contributed by atoms with Crippen molar-refractivity contribution in [3.8, 4) is 0 Å². The molecule has 0 saturated heterocycles. The number of nitrogens with zero attached hydrogens (tertiary/aromatic N) is 1. The van der Waals surface area contributed by atoms with E-state index in [0.717, 1.165) is 53.9 Å². The minimum absolute atomic E-state index is 0.0323. The van der Waals surface area contributed by atoms with E-state index in [4.69, 9.17) is 5.11 Å². The van der Waals surface area contributed by atoms with Crippen LogP contribution in [0.5, 0.6) is 0 Å². The van der Waals surface area contributed by atoms with Crippen LogP contribution < -0.4 is 9.62 Å². The summed E-state index contributed by atoms with van der Waals surface area (Å²) in [5.41, 5.74) is 4.41. The van der Waals surface area contributed by atoms with Crippen LogP contribution in [-0.4, -0.2) is 36.0 Å². The molecule has 2 aromatic rings. The van der Waals surface area contributed by atoms with Crippen LogP contribution in [-0.2, 0) is 20.1 Å². The Labute approximate surface area is 231 Å². The smallest absolute Gasteiger partial charge is 0.303 e. The van der Waals surface area contributed by atoms with E-state index in [0.29, 0.717) is 6.42 Å². The molecule has 0 aromatic heterocycles. The van der Waals surface area contributed by atoms with Gasteiger partial charge in [0.15, 0.2) is 11.0 Å². The van der Waals surface area contributed by atoms with E-state index < -0.39 is 17.0 Å². The Hall–Kier alpha value is -1.93. The summed E-state index contributed by atoms with van der Waals surface area (Å²) in [7, 11) is 2.07. The SMILES string of the molecule is CC.COCl.Cc1ccc2c(c1)S(=O)N(C)c1ccccc1C2NCCCCCCCCCCC(=O)O. The van der Waals surface area contributed by atoms with Crippen LogP contribution in [0.4, 0.5) is 5.69 Å². The molecule has 0 amide bonds. The fourth-order valence-corrected chi connectivity index (χ4v) is 5.70. The molecule has 2 unspecified atom stereocenters. The third-order valence-electron chi connectivity index (χ3n) is 6.17. The van der Waals surface area contributed by atoms with Crippen LogP contribution in [0, 0.1) is 6.92 Å². The monoisotopic (exact) mass is 552 g/mol. The van der Waals surface area contributed by atoms with Crippen molar-refractivity contribution in [3.05, 3.63) is 59.2 Å². The summed E-state index contributed by atoms with van der Waals surface area (Å²) in [5.74, 6) is -0.690. The highest BCUT2D eigenvalue weighted by molar-refractivity contribution is 7.86. The maximum absolute atomic E-state index is 13.3. The molecule has 2 atom stereocenters. The number of rotatable bonds is 12. The van der Waals surface area contributed by atoms with Crippen LogP contribution >= 0.6 is 11.9 Å². The molecule has 6 nitrogen and oxygen atoms in total. The molecule has 2 aromatic carbocycles. The van der Waals surface area contributed by atoms with Gasteiger partial charge in [-0.25, -0.2) is 4.21 Å². The Morgan fingerprint density at radius 1 is 1.00 bits per heavy atom. The second-order valence-corrected chi connectivity index (χ2v) is 10.7. The fraction of sp³-hybridized carbons (Fsp3) is 0.552. The molecule has 3 rings (SSSR count). The topological polar surface area (TPSA) is 78.9 Å². The van der Waals surface area contributed by atoms with Gasteiger partial charge in [-0.2, -0.15) is 0 Å². The number of hydrogen-bond acceptors (Lipinski definition) is 4. The van der Waals surface area contributed by atoms with Gasteiger partial charge in [-0.3, -0.25) is 13.4 Å². The summed E-state index contributed by atoms with van der Waals surface area (Å²) in [6.45, 7) is 6.96.